The van der Waals surface area contributed by atoms with Crippen molar-refractivity contribution >= 4 is 16.3 Å². The summed E-state index contributed by atoms with van der Waals surface area (Å²) in [5.74, 6) is -0.716. The highest BCUT2D eigenvalue weighted by atomic mass is 32.3. The van der Waals surface area contributed by atoms with Crippen LogP contribution in [0.5, 0.6) is 0 Å². The third-order valence-corrected chi connectivity index (χ3v) is 11.1. The number of allylic oxidation sites excluding steroid dienone is 3. The Kier molecular flexibility index (Phi) is 32.2. The molecule has 0 aromatic rings. The first-order valence-corrected chi connectivity index (χ1v) is 23.7. The molecular formula is C43H81NO12S. The van der Waals surface area contributed by atoms with Crippen LogP contribution in [-0.4, -0.2) is 107 Å². The standard InChI is InChI=1S/C43H81NO12S/c1-3-5-7-9-11-13-14-15-16-17-18-19-20-21-22-23-24-26-27-29-31-36(46)35(44-42(50)37(47)32-30-28-25-12-10-8-6-4-2)34-54-43-40(49)41(56-57(51,52)53)39(48)38(33-45)55-43/h23-24,29,31,35-41,43,45-49H,3-22,25-28,30,32-34H2,1-2H3,(H,44,50)(H,51,52,53)/b24-23+,31-29+. The Morgan fingerprint density at radius 1 is 0.702 bits per heavy atom. The topological polar surface area (TPSA) is 212 Å². The van der Waals surface area contributed by atoms with Crippen LogP contribution in [0.3, 0.4) is 0 Å². The van der Waals surface area contributed by atoms with E-state index in [1.54, 1.807) is 6.08 Å². The zero-order valence-electron chi connectivity index (χ0n) is 35.3. The van der Waals surface area contributed by atoms with E-state index in [1.807, 2.05) is 0 Å². The number of hydrogen-bond acceptors (Lipinski definition) is 11. The smallest absolute Gasteiger partial charge is 0.394 e. The van der Waals surface area contributed by atoms with Gasteiger partial charge in [-0.3, -0.25) is 9.35 Å². The van der Waals surface area contributed by atoms with Gasteiger partial charge in [-0.2, -0.15) is 8.42 Å². The lowest BCUT2D eigenvalue weighted by molar-refractivity contribution is -0.298. The van der Waals surface area contributed by atoms with E-state index in [4.69, 9.17) is 14.0 Å². The van der Waals surface area contributed by atoms with E-state index in [0.29, 0.717) is 12.8 Å². The fraction of sp³-hybridized carbons (Fsp3) is 0.884. The normalized spacial score (nSPS) is 22.0. The molecule has 1 fully saturated rings. The van der Waals surface area contributed by atoms with Crippen molar-refractivity contribution in [3.63, 3.8) is 0 Å². The van der Waals surface area contributed by atoms with Crippen LogP contribution >= 0.6 is 0 Å². The molecule has 0 radical (unpaired) electrons. The minimum Gasteiger partial charge on any atom is -0.394 e. The highest BCUT2D eigenvalue weighted by Gasteiger charge is 2.48. The summed E-state index contributed by atoms with van der Waals surface area (Å²) in [6.45, 7) is 3.15. The number of nitrogens with one attached hydrogen (secondary N) is 1. The number of aliphatic hydroxyl groups excluding tert-OH is 5. The molecule has 1 aliphatic heterocycles. The second-order valence-corrected chi connectivity index (χ2v) is 16.8. The molecule has 0 aliphatic carbocycles. The van der Waals surface area contributed by atoms with Crippen LogP contribution in [0.2, 0.25) is 0 Å². The first-order chi connectivity index (χ1) is 27.4. The molecular weight excluding hydrogens is 755 g/mol. The van der Waals surface area contributed by atoms with Crippen molar-refractivity contribution < 1.29 is 57.0 Å². The van der Waals surface area contributed by atoms with Gasteiger partial charge >= 0.3 is 10.4 Å². The van der Waals surface area contributed by atoms with Crippen LogP contribution in [0.1, 0.15) is 181 Å². The Labute approximate surface area is 345 Å². The molecule has 0 aromatic heterocycles. The van der Waals surface area contributed by atoms with Crippen molar-refractivity contribution in [3.05, 3.63) is 24.3 Å². The summed E-state index contributed by atoms with van der Waals surface area (Å²) in [4.78, 5) is 13.0. The summed E-state index contributed by atoms with van der Waals surface area (Å²) >= 11 is 0. The third kappa shape index (κ3) is 27.1. The fourth-order valence-electron chi connectivity index (χ4n) is 7.01. The lowest BCUT2D eigenvalue weighted by atomic mass is 9.99. The van der Waals surface area contributed by atoms with E-state index in [1.165, 1.54) is 115 Å². The van der Waals surface area contributed by atoms with Crippen LogP contribution in [0.4, 0.5) is 0 Å². The highest BCUT2D eigenvalue weighted by molar-refractivity contribution is 7.80. The number of ether oxygens (including phenoxy) is 2. The van der Waals surface area contributed by atoms with Gasteiger partial charge in [-0.05, 0) is 32.1 Å². The largest absolute Gasteiger partial charge is 0.397 e. The lowest BCUT2D eigenvalue weighted by Crippen LogP contribution is -2.61. The predicted molar refractivity (Wildman–Crippen MR) is 224 cm³/mol. The van der Waals surface area contributed by atoms with Gasteiger partial charge in [0.25, 0.3) is 0 Å². The molecule has 8 atom stereocenters. The lowest BCUT2D eigenvalue weighted by Gasteiger charge is -2.41. The van der Waals surface area contributed by atoms with Crippen molar-refractivity contribution in [1.82, 2.24) is 5.32 Å². The van der Waals surface area contributed by atoms with Gasteiger partial charge in [0, 0.05) is 0 Å². The van der Waals surface area contributed by atoms with Crippen molar-refractivity contribution in [2.75, 3.05) is 13.2 Å². The maximum absolute atomic E-state index is 13.0. The SMILES string of the molecule is CCCCCCCCCCCCCCCC/C=C/CC/C=C/C(O)C(COC1OC(CO)C(O)C(OS(=O)(=O)O)C1O)NC(=O)C(O)CCCCCCCCCC. The van der Waals surface area contributed by atoms with E-state index in [0.717, 1.165) is 38.5 Å². The molecule has 0 bridgehead atoms. The molecule has 1 heterocycles. The summed E-state index contributed by atoms with van der Waals surface area (Å²) in [6.07, 6.45) is 25.8. The van der Waals surface area contributed by atoms with Gasteiger partial charge in [0.1, 0.15) is 30.5 Å². The summed E-state index contributed by atoms with van der Waals surface area (Å²) in [7, 11) is -5.12. The Morgan fingerprint density at radius 2 is 1.18 bits per heavy atom. The molecule has 1 aliphatic rings. The van der Waals surface area contributed by atoms with E-state index in [2.05, 4.69) is 35.5 Å². The van der Waals surface area contributed by atoms with Gasteiger partial charge in [-0.25, -0.2) is 4.18 Å². The minimum absolute atomic E-state index is 0.237. The Bertz CT molecular complexity index is 1140. The molecule has 0 saturated carbocycles. The van der Waals surface area contributed by atoms with Gasteiger partial charge < -0.3 is 40.3 Å². The molecule has 8 unspecified atom stereocenters. The number of carbonyl (C=O) groups is 1. The maximum atomic E-state index is 13.0. The number of hydrogen-bond donors (Lipinski definition) is 7. The first-order valence-electron chi connectivity index (χ1n) is 22.3. The third-order valence-electron chi connectivity index (χ3n) is 10.6. The quantitative estimate of drug-likeness (QED) is 0.0189. The first kappa shape index (κ1) is 53.6. The highest BCUT2D eigenvalue weighted by Crippen LogP contribution is 2.26. The van der Waals surface area contributed by atoms with Crippen LogP contribution in [0, 0.1) is 0 Å². The van der Waals surface area contributed by atoms with Crippen molar-refractivity contribution in [2.45, 2.75) is 230 Å². The van der Waals surface area contributed by atoms with Crippen molar-refractivity contribution in [3.8, 4) is 0 Å². The Balaban J connectivity index is 2.58. The number of amides is 1. The Morgan fingerprint density at radius 3 is 1.68 bits per heavy atom. The van der Waals surface area contributed by atoms with Gasteiger partial charge in [0.15, 0.2) is 6.29 Å². The van der Waals surface area contributed by atoms with E-state index in [9.17, 15) is 38.7 Å². The molecule has 7 N–H and O–H groups in total. The van der Waals surface area contributed by atoms with Gasteiger partial charge in [0.05, 0.1) is 25.4 Å². The van der Waals surface area contributed by atoms with Crippen LogP contribution < -0.4 is 5.32 Å². The number of rotatable bonds is 37. The summed E-state index contributed by atoms with van der Waals surface area (Å²) in [5.41, 5.74) is 0. The molecule has 0 aromatic carbocycles. The molecule has 336 valence electrons. The monoisotopic (exact) mass is 836 g/mol. The Hall–Kier alpha value is -1.46. The molecule has 1 rings (SSSR count). The molecule has 0 spiro atoms. The average molecular weight is 836 g/mol. The van der Waals surface area contributed by atoms with Crippen LogP contribution in [0.25, 0.3) is 0 Å². The second kappa shape index (κ2) is 34.3. The van der Waals surface area contributed by atoms with Gasteiger partial charge in [-0.1, -0.05) is 173 Å². The predicted octanol–water partition coefficient (Wildman–Crippen LogP) is 7.13. The molecule has 1 saturated heterocycles. The van der Waals surface area contributed by atoms with Crippen LogP contribution in [-0.2, 0) is 28.9 Å². The van der Waals surface area contributed by atoms with E-state index >= 15 is 0 Å². The molecule has 57 heavy (non-hydrogen) atoms. The van der Waals surface area contributed by atoms with Crippen LogP contribution in [0.15, 0.2) is 24.3 Å². The summed E-state index contributed by atoms with van der Waals surface area (Å²) in [6, 6.07) is -1.13. The fourth-order valence-corrected chi connectivity index (χ4v) is 7.51. The molecule has 13 nitrogen and oxygen atoms in total. The minimum atomic E-state index is -5.12. The summed E-state index contributed by atoms with van der Waals surface area (Å²) < 4.78 is 47.3. The van der Waals surface area contributed by atoms with Crippen molar-refractivity contribution in [2.24, 2.45) is 0 Å². The zero-order valence-corrected chi connectivity index (χ0v) is 36.1. The number of unbranched alkanes of at least 4 members (excludes halogenated alkanes) is 22. The maximum Gasteiger partial charge on any atom is 0.397 e. The van der Waals surface area contributed by atoms with Crippen molar-refractivity contribution in [1.29, 1.82) is 0 Å². The average Bonchev–Trinajstić information content (AvgIpc) is 3.18. The molecule has 1 amide bonds. The summed E-state index contributed by atoms with van der Waals surface area (Å²) in [5, 5.41) is 54.9. The van der Waals surface area contributed by atoms with E-state index in [-0.39, 0.29) is 6.42 Å². The molecule has 14 heteroatoms. The van der Waals surface area contributed by atoms with Gasteiger partial charge in [-0.15, -0.1) is 0 Å². The number of carbonyl (C=O) groups excluding carboxylic acids is 1. The number of aliphatic hydroxyl groups is 5. The zero-order chi connectivity index (χ0) is 42.2. The van der Waals surface area contributed by atoms with Gasteiger partial charge in [0.2, 0.25) is 5.91 Å². The van der Waals surface area contributed by atoms with E-state index < -0.39 is 78.5 Å². The second-order valence-electron chi connectivity index (χ2n) is 15.8.